The molecule has 8 heteroatoms. The van der Waals surface area contributed by atoms with Crippen LogP contribution in [0.4, 0.5) is 0 Å². The Hall–Kier alpha value is -3.42. The molecule has 1 aliphatic heterocycles. The van der Waals surface area contributed by atoms with Gasteiger partial charge in [-0.3, -0.25) is 14.3 Å². The van der Waals surface area contributed by atoms with Crippen LogP contribution in [-0.4, -0.2) is 63.3 Å². The molecule has 162 valence electrons. The molecule has 0 bridgehead atoms. The van der Waals surface area contributed by atoms with Gasteiger partial charge in [0, 0.05) is 44.7 Å². The van der Waals surface area contributed by atoms with Crippen molar-refractivity contribution in [1.82, 2.24) is 24.8 Å². The summed E-state index contributed by atoms with van der Waals surface area (Å²) in [6.07, 6.45) is 7.67. The first-order valence-electron chi connectivity index (χ1n) is 10.7. The van der Waals surface area contributed by atoms with Gasteiger partial charge < -0.3 is 14.2 Å². The molecule has 0 fully saturated rings. The summed E-state index contributed by atoms with van der Waals surface area (Å²) in [6.45, 7) is 4.54. The number of hydrogen-bond acceptors (Lipinski definition) is 5. The summed E-state index contributed by atoms with van der Waals surface area (Å²) >= 11 is 0. The molecule has 0 spiro atoms. The second kappa shape index (κ2) is 9.16. The van der Waals surface area contributed by atoms with Gasteiger partial charge in [0.25, 0.3) is 5.91 Å². The molecule has 3 aromatic rings. The molecule has 0 unspecified atom stereocenters. The minimum atomic E-state index is -0.111. The van der Waals surface area contributed by atoms with E-state index in [4.69, 9.17) is 4.42 Å². The molecule has 0 radical (unpaired) electrons. The lowest BCUT2D eigenvalue weighted by Crippen LogP contribution is -2.35. The molecule has 0 saturated carbocycles. The lowest BCUT2D eigenvalue weighted by atomic mass is 9.99. The summed E-state index contributed by atoms with van der Waals surface area (Å²) in [5.74, 6) is 0.351. The van der Waals surface area contributed by atoms with Crippen molar-refractivity contribution in [1.29, 1.82) is 0 Å². The van der Waals surface area contributed by atoms with Crippen molar-refractivity contribution in [3.63, 3.8) is 0 Å². The van der Waals surface area contributed by atoms with Crippen LogP contribution in [0.1, 0.15) is 42.3 Å². The molecular formula is C23H27N5O3. The van der Waals surface area contributed by atoms with Crippen LogP contribution < -0.4 is 0 Å². The Morgan fingerprint density at radius 1 is 1.26 bits per heavy atom. The second-order valence-corrected chi connectivity index (χ2v) is 7.84. The zero-order valence-electron chi connectivity index (χ0n) is 18.0. The van der Waals surface area contributed by atoms with Crippen molar-refractivity contribution in [2.24, 2.45) is 0 Å². The smallest absolute Gasteiger partial charge is 0.289 e. The van der Waals surface area contributed by atoms with Crippen LogP contribution in [0.5, 0.6) is 0 Å². The van der Waals surface area contributed by atoms with Gasteiger partial charge in [0.1, 0.15) is 5.58 Å². The van der Waals surface area contributed by atoms with Crippen LogP contribution in [0.15, 0.2) is 47.2 Å². The third kappa shape index (κ3) is 4.68. The fourth-order valence-corrected chi connectivity index (χ4v) is 3.86. The molecule has 2 amide bonds. The molecule has 31 heavy (non-hydrogen) atoms. The SMILES string of the molecule is CCCN(C)C(=O)c1cc2cc(C3=CCCN(C(=O)CCn4ccnn4)C3)ccc2o1. The molecule has 0 saturated heterocycles. The highest BCUT2D eigenvalue weighted by molar-refractivity contribution is 5.96. The first-order valence-corrected chi connectivity index (χ1v) is 10.7. The standard InChI is InChI=1S/C23H27N5O3/c1-3-10-26(2)23(30)21-15-19-14-17(6-7-20(19)31-21)18-5-4-11-27(16-18)22(29)8-12-28-13-9-24-25-28/h5-7,9,13-15H,3-4,8,10-12,16H2,1-2H3. The summed E-state index contributed by atoms with van der Waals surface area (Å²) in [5.41, 5.74) is 2.84. The van der Waals surface area contributed by atoms with Crippen molar-refractivity contribution >= 4 is 28.4 Å². The highest BCUT2D eigenvalue weighted by Gasteiger charge is 2.20. The van der Waals surface area contributed by atoms with E-state index in [1.54, 1.807) is 35.1 Å². The van der Waals surface area contributed by atoms with Crippen molar-refractivity contribution in [2.45, 2.75) is 32.7 Å². The maximum absolute atomic E-state index is 12.7. The number of nitrogens with zero attached hydrogens (tertiary/aromatic N) is 5. The first kappa shape index (κ1) is 20.8. The van der Waals surface area contributed by atoms with E-state index >= 15 is 0 Å². The number of carbonyl (C=O) groups is 2. The molecule has 0 aliphatic carbocycles. The Labute approximate surface area is 181 Å². The molecule has 2 aromatic heterocycles. The fraction of sp³-hybridized carbons (Fsp3) is 0.391. The number of fused-ring (bicyclic) bond motifs is 1. The number of amides is 2. The number of furan rings is 1. The number of aryl methyl sites for hydroxylation is 1. The number of aromatic nitrogens is 3. The number of benzene rings is 1. The Morgan fingerprint density at radius 2 is 2.13 bits per heavy atom. The van der Waals surface area contributed by atoms with Gasteiger partial charge in [-0.2, -0.15) is 0 Å². The maximum atomic E-state index is 12.7. The van der Waals surface area contributed by atoms with E-state index < -0.39 is 0 Å². The normalized spacial score (nSPS) is 14.0. The third-order valence-electron chi connectivity index (χ3n) is 5.53. The van der Waals surface area contributed by atoms with E-state index in [0.717, 1.165) is 35.9 Å². The van der Waals surface area contributed by atoms with Crippen LogP contribution in [-0.2, 0) is 11.3 Å². The Kier molecular flexibility index (Phi) is 6.16. The van der Waals surface area contributed by atoms with Gasteiger partial charge in [0.2, 0.25) is 5.91 Å². The highest BCUT2D eigenvalue weighted by Crippen LogP contribution is 2.27. The Morgan fingerprint density at radius 3 is 2.90 bits per heavy atom. The molecule has 0 N–H and O–H groups in total. The summed E-state index contributed by atoms with van der Waals surface area (Å²) in [5, 5.41) is 8.57. The fourth-order valence-electron chi connectivity index (χ4n) is 3.86. The van der Waals surface area contributed by atoms with Crippen LogP contribution in [0.2, 0.25) is 0 Å². The first-order chi connectivity index (χ1) is 15.0. The van der Waals surface area contributed by atoms with Gasteiger partial charge in [-0.15, -0.1) is 5.10 Å². The lowest BCUT2D eigenvalue weighted by Gasteiger charge is -2.27. The second-order valence-electron chi connectivity index (χ2n) is 7.84. The predicted octanol–water partition coefficient (Wildman–Crippen LogP) is 3.21. The molecule has 8 nitrogen and oxygen atoms in total. The van der Waals surface area contributed by atoms with Gasteiger partial charge in [0.05, 0.1) is 12.7 Å². The molecular weight excluding hydrogens is 394 g/mol. The summed E-state index contributed by atoms with van der Waals surface area (Å²) < 4.78 is 7.45. The average molecular weight is 422 g/mol. The quantitative estimate of drug-likeness (QED) is 0.585. The van der Waals surface area contributed by atoms with E-state index in [-0.39, 0.29) is 11.8 Å². The minimum absolute atomic E-state index is 0.109. The largest absolute Gasteiger partial charge is 0.451 e. The van der Waals surface area contributed by atoms with Gasteiger partial charge in [-0.25, -0.2) is 0 Å². The Balaban J connectivity index is 1.45. The summed E-state index contributed by atoms with van der Waals surface area (Å²) in [4.78, 5) is 28.7. The van der Waals surface area contributed by atoms with E-state index in [1.807, 2.05) is 30.0 Å². The maximum Gasteiger partial charge on any atom is 0.289 e. The van der Waals surface area contributed by atoms with Gasteiger partial charge >= 0.3 is 0 Å². The van der Waals surface area contributed by atoms with Gasteiger partial charge in [-0.05, 0) is 42.2 Å². The average Bonchev–Trinajstić information content (AvgIpc) is 3.46. The zero-order valence-corrected chi connectivity index (χ0v) is 18.0. The lowest BCUT2D eigenvalue weighted by molar-refractivity contribution is -0.131. The van der Waals surface area contributed by atoms with Crippen LogP contribution in [0, 0.1) is 0 Å². The number of carbonyl (C=O) groups excluding carboxylic acids is 2. The van der Waals surface area contributed by atoms with Gasteiger partial charge in [-0.1, -0.05) is 24.3 Å². The van der Waals surface area contributed by atoms with Crippen molar-refractivity contribution in [3.8, 4) is 0 Å². The third-order valence-corrected chi connectivity index (χ3v) is 5.53. The van der Waals surface area contributed by atoms with Crippen molar-refractivity contribution in [2.75, 3.05) is 26.7 Å². The molecule has 4 rings (SSSR count). The van der Waals surface area contributed by atoms with Crippen LogP contribution in [0.3, 0.4) is 0 Å². The monoisotopic (exact) mass is 421 g/mol. The summed E-state index contributed by atoms with van der Waals surface area (Å²) in [6, 6.07) is 7.72. The van der Waals surface area contributed by atoms with E-state index in [9.17, 15) is 9.59 Å². The zero-order chi connectivity index (χ0) is 21.8. The molecule has 3 heterocycles. The van der Waals surface area contributed by atoms with Crippen LogP contribution in [0.25, 0.3) is 16.5 Å². The van der Waals surface area contributed by atoms with Crippen molar-refractivity contribution < 1.29 is 14.0 Å². The highest BCUT2D eigenvalue weighted by atomic mass is 16.3. The molecule has 1 aromatic carbocycles. The minimum Gasteiger partial charge on any atom is -0.451 e. The van der Waals surface area contributed by atoms with E-state index in [2.05, 4.69) is 16.4 Å². The van der Waals surface area contributed by atoms with E-state index in [0.29, 0.717) is 37.4 Å². The topological polar surface area (TPSA) is 84.5 Å². The molecule has 0 atom stereocenters. The van der Waals surface area contributed by atoms with Crippen molar-refractivity contribution in [3.05, 3.63) is 54.1 Å². The Bertz CT molecular complexity index is 1100. The number of rotatable bonds is 7. The molecule has 1 aliphatic rings. The number of hydrogen-bond donors (Lipinski definition) is 0. The van der Waals surface area contributed by atoms with E-state index in [1.165, 1.54) is 0 Å². The summed E-state index contributed by atoms with van der Waals surface area (Å²) in [7, 11) is 1.78. The van der Waals surface area contributed by atoms with Gasteiger partial charge in [0.15, 0.2) is 5.76 Å². The predicted molar refractivity (Wildman–Crippen MR) is 117 cm³/mol. The van der Waals surface area contributed by atoms with Crippen LogP contribution >= 0.6 is 0 Å².